The average Bonchev–Trinajstić information content (AvgIpc) is 1.82. The van der Waals surface area contributed by atoms with Gasteiger partial charge in [0, 0.05) is 95.1 Å². The van der Waals surface area contributed by atoms with Gasteiger partial charge in [-0.3, -0.25) is 15.6 Å². The van der Waals surface area contributed by atoms with E-state index < -0.39 is 23.1 Å². The first kappa shape index (κ1) is 105. The molecule has 2 aliphatic heterocycles. The van der Waals surface area contributed by atoms with Gasteiger partial charge in [-0.25, -0.2) is 0 Å². The zero-order valence-corrected chi connectivity index (χ0v) is 70.6. The number of rotatable bonds is 25. The van der Waals surface area contributed by atoms with E-state index in [1.807, 2.05) is 74.2 Å². The van der Waals surface area contributed by atoms with Gasteiger partial charge >= 0.3 is 0 Å². The monoisotopic (exact) mass is 1360 g/mol. The van der Waals surface area contributed by atoms with Crippen LogP contribution in [-0.2, 0) is 38.0 Å². The first-order valence-electron chi connectivity index (χ1n) is 35.8. The second-order valence-electron chi connectivity index (χ2n) is 30.5. The van der Waals surface area contributed by atoms with E-state index in [9.17, 15) is 20.4 Å². The van der Waals surface area contributed by atoms with E-state index >= 15 is 0 Å². The summed E-state index contributed by atoms with van der Waals surface area (Å²) in [5.41, 5.74) is 1.68. The number of aliphatic hydroxyl groups is 4. The molecule has 0 radical (unpaired) electrons. The van der Waals surface area contributed by atoms with Crippen molar-refractivity contribution in [3.63, 3.8) is 0 Å². The second kappa shape index (κ2) is 52.0. The molecular weight excluding hydrogens is 1190 g/mol. The Morgan fingerprint density at radius 3 is 0.849 bits per heavy atom. The van der Waals surface area contributed by atoms with Crippen molar-refractivity contribution < 1.29 is 58.4 Å². The van der Waals surface area contributed by atoms with E-state index in [1.54, 1.807) is 70.3 Å². The molecule has 93 heavy (non-hydrogen) atoms. The van der Waals surface area contributed by atoms with Gasteiger partial charge in [0.2, 0.25) is 0 Å². The van der Waals surface area contributed by atoms with Gasteiger partial charge in [-0.2, -0.15) is 0 Å². The number of nitrogens with zero attached hydrogens (tertiary/aromatic N) is 2. The number of aliphatic imine (C=N–C) groups is 1. The summed E-state index contributed by atoms with van der Waals surface area (Å²) in [6, 6.07) is 0. The standard InChI is InChI=1S/C10H20O2.C9H19NO.C9H20O2.C9H20OS.C8H17NO.C8H19NO.C8H17N.C8H18O2.C7H16O2/c1-8(2)10(9(3)4)11-6-5-7-12-10;1-7(2)9(8(3)4)10-5-6-11-9;2*1-7(2)9(10-5,11-6)8(3)4;1-6(2)8(7(3)4)9-10-5;1-6(2)8(10,9-5)7(3)4;1-6(2)8(9-5)7(3)4;1-6(2)8(9,10-5)7(3)4;1-5(2)7(8,9)6(3)4/h8-9H,5-7H2,1-4H3;7-8,10H,5-6H2,1-4H3;2*7-8H,1-6H3;6-7H,1-5H3;6-7,9-10H,1-5H3;6-7H,1-5H3;6-7,9H,1-5H3;5-6,8-9H,1-4H3. The lowest BCUT2D eigenvalue weighted by Crippen LogP contribution is -2.51. The molecule has 2 fully saturated rings. The van der Waals surface area contributed by atoms with Gasteiger partial charge in [-0.15, -0.1) is 11.8 Å². The lowest BCUT2D eigenvalue weighted by Gasteiger charge is -2.43. The second-order valence-corrected chi connectivity index (χ2v) is 31.6. The van der Waals surface area contributed by atoms with Gasteiger partial charge in [0.1, 0.15) is 23.5 Å². The maximum atomic E-state index is 9.86. The van der Waals surface area contributed by atoms with Gasteiger partial charge in [0.15, 0.2) is 23.1 Å². The first-order valence-corrected chi connectivity index (χ1v) is 37.0. The predicted octanol–water partition coefficient (Wildman–Crippen LogP) is 17.8. The van der Waals surface area contributed by atoms with Crippen molar-refractivity contribution in [1.82, 2.24) is 10.6 Å². The van der Waals surface area contributed by atoms with Crippen LogP contribution in [0.2, 0.25) is 0 Å². The minimum atomic E-state index is -1.50. The van der Waals surface area contributed by atoms with Crippen molar-refractivity contribution in [2.75, 3.05) is 82.3 Å². The largest absolute Gasteiger partial charge is 0.399 e. The van der Waals surface area contributed by atoms with Crippen molar-refractivity contribution >= 4 is 23.2 Å². The van der Waals surface area contributed by atoms with Crippen molar-refractivity contribution in [3.8, 4) is 0 Å². The third-order valence-corrected chi connectivity index (χ3v) is 20.0. The Balaban J connectivity index is -0.000000179. The number of oxime groups is 1. The highest BCUT2D eigenvalue weighted by Gasteiger charge is 2.43. The number of hydrogen-bond donors (Lipinski definition) is 6. The number of methoxy groups -OCH3 is 4. The Hall–Kier alpha value is -1.03. The van der Waals surface area contributed by atoms with Gasteiger partial charge in [0.25, 0.3) is 0 Å². The van der Waals surface area contributed by atoms with Crippen LogP contribution in [0.1, 0.15) is 256 Å². The van der Waals surface area contributed by atoms with Crippen LogP contribution in [0.4, 0.5) is 0 Å². The van der Waals surface area contributed by atoms with Crippen LogP contribution in [0.15, 0.2) is 10.1 Å². The molecule has 17 heteroatoms. The van der Waals surface area contributed by atoms with E-state index in [4.69, 9.17) is 38.0 Å². The molecule has 568 valence electrons. The summed E-state index contributed by atoms with van der Waals surface area (Å²) in [6.45, 7) is 78.5. The fourth-order valence-corrected chi connectivity index (χ4v) is 13.5. The molecule has 2 saturated heterocycles. The molecule has 2 aliphatic rings. The molecule has 0 aromatic heterocycles. The zero-order valence-electron chi connectivity index (χ0n) is 69.8. The van der Waals surface area contributed by atoms with Crippen LogP contribution in [0.3, 0.4) is 0 Å². The van der Waals surface area contributed by atoms with Crippen LogP contribution < -0.4 is 10.6 Å². The van der Waals surface area contributed by atoms with Gasteiger partial charge < -0.3 is 58.4 Å². The number of hydrogen-bond acceptors (Lipinski definition) is 17. The van der Waals surface area contributed by atoms with Crippen molar-refractivity contribution in [2.24, 2.45) is 117 Å². The Labute approximate surface area is 583 Å². The van der Waals surface area contributed by atoms with Crippen LogP contribution in [0.5, 0.6) is 0 Å². The average molecular weight is 1360 g/mol. The predicted molar refractivity (Wildman–Crippen MR) is 404 cm³/mol. The van der Waals surface area contributed by atoms with E-state index in [2.05, 4.69) is 193 Å². The fraction of sp³-hybridized carbons (Fsp3) is 0.974. The Bertz CT molecular complexity index is 1630. The normalized spacial score (nSPS) is 15.2. The molecule has 0 aromatic carbocycles. The molecule has 0 aliphatic carbocycles. The van der Waals surface area contributed by atoms with Crippen molar-refractivity contribution in [1.29, 1.82) is 0 Å². The van der Waals surface area contributed by atoms with E-state index in [0.717, 1.165) is 38.5 Å². The minimum Gasteiger partial charge on any atom is -0.399 e. The molecular formula is C76H166N4O12S. The molecule has 0 atom stereocenters. The lowest BCUT2D eigenvalue weighted by molar-refractivity contribution is -0.310. The molecule has 6 N–H and O–H groups in total. The van der Waals surface area contributed by atoms with E-state index in [-0.39, 0.29) is 52.0 Å². The summed E-state index contributed by atoms with van der Waals surface area (Å²) in [6.07, 6.45) is 3.14. The molecule has 16 nitrogen and oxygen atoms in total. The van der Waals surface area contributed by atoms with Crippen LogP contribution >= 0.6 is 11.8 Å². The molecule has 2 heterocycles. The number of nitrogens with one attached hydrogen (secondary N) is 2. The summed E-state index contributed by atoms with van der Waals surface area (Å²) in [7, 11) is 12.0. The molecule has 0 unspecified atom stereocenters. The Morgan fingerprint density at radius 1 is 0.441 bits per heavy atom. The summed E-state index contributed by atoms with van der Waals surface area (Å²) in [5.74, 6) is 3.37. The van der Waals surface area contributed by atoms with Gasteiger partial charge in [0.05, 0.1) is 25.5 Å². The number of thioether (sulfide) groups is 1. The summed E-state index contributed by atoms with van der Waals surface area (Å²) in [5, 5.41) is 48.4. The molecule has 0 spiro atoms. The third kappa shape index (κ3) is 36.2. The molecule has 0 saturated carbocycles. The third-order valence-electron chi connectivity index (χ3n) is 18.3. The van der Waals surface area contributed by atoms with Crippen LogP contribution in [0, 0.1) is 107 Å². The first-order chi connectivity index (χ1) is 42.2. The molecule has 0 bridgehead atoms. The quantitative estimate of drug-likeness (QED) is 0.0286. The smallest absolute Gasteiger partial charge is 0.172 e. The van der Waals surface area contributed by atoms with Crippen molar-refractivity contribution in [2.45, 2.75) is 295 Å². The highest BCUT2D eigenvalue weighted by molar-refractivity contribution is 7.99. The SMILES string of the molecule is CC(C)C(O)(O)C(C)C.CC(C)C1(C(C)C)NCCO1.CC(C)C1(C(C)C)OCCCO1.CN=C(C(C)C)C(C)C.CNC(O)(C(C)C)C(C)C.COC(O)(C(C)C)C(C)C.COC(OC)(C(C)C)C(C)C.COC(SC)(C(C)C)C(C)C.CON=C(C(C)C)C(C)C. The Kier molecular flexibility index (Phi) is 59.0. The summed E-state index contributed by atoms with van der Waals surface area (Å²) in [4.78, 5) is 8.92. The zero-order chi connectivity index (χ0) is 75.8. The van der Waals surface area contributed by atoms with Crippen LogP contribution in [0.25, 0.3) is 0 Å². The maximum Gasteiger partial charge on any atom is 0.172 e. The maximum absolute atomic E-state index is 9.86. The molecule has 2 rings (SSSR count). The summed E-state index contributed by atoms with van der Waals surface area (Å²) >= 11 is 1.81. The highest BCUT2D eigenvalue weighted by Crippen LogP contribution is 2.39. The Morgan fingerprint density at radius 2 is 0.785 bits per heavy atom. The van der Waals surface area contributed by atoms with Crippen LogP contribution in [-0.4, -0.2) is 154 Å². The summed E-state index contributed by atoms with van der Waals surface area (Å²) < 4.78 is 38.6. The topological polar surface area (TPSA) is 204 Å². The number of ether oxygens (including phenoxy) is 7. The van der Waals surface area contributed by atoms with E-state index in [1.165, 1.54) is 5.71 Å². The lowest BCUT2D eigenvalue weighted by atomic mass is 9.89. The minimum absolute atomic E-state index is 0. The highest BCUT2D eigenvalue weighted by atomic mass is 32.2. The van der Waals surface area contributed by atoms with Gasteiger partial charge in [-0.05, 0) is 78.9 Å². The molecule has 0 amide bonds. The molecule has 0 aromatic rings. The van der Waals surface area contributed by atoms with E-state index in [0.29, 0.717) is 71.0 Å². The van der Waals surface area contributed by atoms with Crippen molar-refractivity contribution in [3.05, 3.63) is 0 Å². The fourth-order valence-electron chi connectivity index (χ4n) is 12.4. The van der Waals surface area contributed by atoms with Gasteiger partial charge in [-0.1, -0.05) is 254 Å².